The van der Waals surface area contributed by atoms with Crippen LogP contribution in [-0.2, 0) is 9.53 Å². The van der Waals surface area contributed by atoms with Gasteiger partial charge in [-0.3, -0.25) is 10.1 Å². The maximum Gasteiger partial charge on any atom is 0.240 e. The van der Waals surface area contributed by atoms with Crippen molar-refractivity contribution in [1.29, 1.82) is 0 Å². The Bertz CT molecular complexity index is 269. The molecule has 1 fully saturated rings. The van der Waals surface area contributed by atoms with Crippen LogP contribution in [0.1, 0.15) is 20.8 Å². The van der Waals surface area contributed by atoms with E-state index in [9.17, 15) is 4.79 Å². The van der Waals surface area contributed by atoms with E-state index in [0.29, 0.717) is 25.7 Å². The third kappa shape index (κ3) is 4.23. The lowest BCUT2D eigenvalue weighted by molar-refractivity contribution is -0.131. The lowest BCUT2D eigenvalue weighted by atomic mass is 10.1. The summed E-state index contributed by atoms with van der Waals surface area (Å²) in [5.41, 5.74) is 0. The summed E-state index contributed by atoms with van der Waals surface area (Å²) in [6, 6.07) is -0.0702. The van der Waals surface area contributed by atoms with Crippen molar-refractivity contribution in [1.82, 2.24) is 15.1 Å². The first-order valence-electron chi connectivity index (χ1n) is 6.72. The minimum Gasteiger partial charge on any atom is -0.378 e. The number of nitrogens with zero attached hydrogens (tertiary/aromatic N) is 2. The maximum atomic E-state index is 12.0. The molecule has 1 heterocycles. The van der Waals surface area contributed by atoms with Gasteiger partial charge < -0.3 is 14.5 Å². The molecule has 2 unspecified atom stereocenters. The van der Waals surface area contributed by atoms with Crippen molar-refractivity contribution in [2.75, 3.05) is 40.4 Å². The van der Waals surface area contributed by atoms with E-state index in [2.05, 4.69) is 24.1 Å². The van der Waals surface area contributed by atoms with E-state index < -0.39 is 0 Å². The number of likely N-dealkylation sites (N-methyl/N-ethyl adjacent to an activating group) is 1. The molecule has 1 amide bonds. The molecule has 1 aliphatic rings. The summed E-state index contributed by atoms with van der Waals surface area (Å²) < 4.78 is 5.55. The molecular formula is C13H27N3O2. The molecule has 5 heteroatoms. The van der Waals surface area contributed by atoms with Crippen molar-refractivity contribution in [2.45, 2.75) is 33.0 Å². The van der Waals surface area contributed by atoms with Crippen molar-refractivity contribution in [3.8, 4) is 0 Å². The smallest absolute Gasteiger partial charge is 0.240 e. The summed E-state index contributed by atoms with van der Waals surface area (Å²) in [7, 11) is 4.04. The van der Waals surface area contributed by atoms with Crippen molar-refractivity contribution in [3.05, 3.63) is 0 Å². The van der Waals surface area contributed by atoms with Gasteiger partial charge >= 0.3 is 0 Å². The van der Waals surface area contributed by atoms with E-state index in [1.165, 1.54) is 0 Å². The highest BCUT2D eigenvalue weighted by atomic mass is 16.5. The van der Waals surface area contributed by atoms with Gasteiger partial charge in [0.2, 0.25) is 5.91 Å². The quantitative estimate of drug-likeness (QED) is 0.669. The van der Waals surface area contributed by atoms with Gasteiger partial charge in [-0.1, -0.05) is 13.8 Å². The van der Waals surface area contributed by atoms with Crippen LogP contribution >= 0.6 is 0 Å². The molecule has 1 N–H and O–H groups in total. The number of amides is 1. The first kappa shape index (κ1) is 15.4. The van der Waals surface area contributed by atoms with Crippen LogP contribution in [0.25, 0.3) is 0 Å². The normalized spacial score (nSPS) is 24.6. The molecule has 0 saturated carbocycles. The van der Waals surface area contributed by atoms with Gasteiger partial charge in [0.25, 0.3) is 0 Å². The SMILES string of the molecule is CC1NC(C(C)C)N(CCOCCN(C)C)C1=O. The number of nitrogens with one attached hydrogen (secondary N) is 1. The van der Waals surface area contributed by atoms with E-state index in [0.717, 1.165) is 6.54 Å². The number of carbonyl (C=O) groups is 1. The maximum absolute atomic E-state index is 12.0. The second-order valence-corrected chi connectivity index (χ2v) is 5.52. The summed E-state index contributed by atoms with van der Waals surface area (Å²) in [6.07, 6.45) is 0.143. The van der Waals surface area contributed by atoms with Gasteiger partial charge in [-0.25, -0.2) is 0 Å². The number of ether oxygens (including phenoxy) is 1. The van der Waals surface area contributed by atoms with Crippen LogP contribution in [0.15, 0.2) is 0 Å². The third-order valence-corrected chi connectivity index (χ3v) is 3.20. The molecule has 1 saturated heterocycles. The highest BCUT2D eigenvalue weighted by Crippen LogP contribution is 2.16. The number of hydrogen-bond acceptors (Lipinski definition) is 4. The molecule has 0 aromatic rings. The van der Waals surface area contributed by atoms with Crippen molar-refractivity contribution < 1.29 is 9.53 Å². The Balaban J connectivity index is 2.32. The zero-order valence-corrected chi connectivity index (χ0v) is 12.3. The third-order valence-electron chi connectivity index (χ3n) is 3.20. The summed E-state index contributed by atoms with van der Waals surface area (Å²) in [4.78, 5) is 16.0. The van der Waals surface area contributed by atoms with E-state index >= 15 is 0 Å². The van der Waals surface area contributed by atoms with Gasteiger partial charge in [0.1, 0.15) is 0 Å². The fraction of sp³-hybridized carbons (Fsp3) is 0.923. The van der Waals surface area contributed by atoms with Gasteiger partial charge in [-0.15, -0.1) is 0 Å². The van der Waals surface area contributed by atoms with Crippen LogP contribution in [0.3, 0.4) is 0 Å². The fourth-order valence-corrected chi connectivity index (χ4v) is 2.12. The largest absolute Gasteiger partial charge is 0.378 e. The fourth-order valence-electron chi connectivity index (χ4n) is 2.12. The average Bonchev–Trinajstić information content (AvgIpc) is 2.56. The Morgan fingerprint density at radius 1 is 1.39 bits per heavy atom. The summed E-state index contributed by atoms with van der Waals surface area (Å²) in [5.74, 6) is 0.602. The molecule has 0 radical (unpaired) electrons. The molecule has 5 nitrogen and oxygen atoms in total. The van der Waals surface area contributed by atoms with Gasteiger partial charge in [0.15, 0.2) is 0 Å². The number of carbonyl (C=O) groups excluding carboxylic acids is 1. The van der Waals surface area contributed by atoms with Gasteiger partial charge in [0.05, 0.1) is 25.4 Å². The monoisotopic (exact) mass is 257 g/mol. The topological polar surface area (TPSA) is 44.8 Å². The molecule has 0 spiro atoms. The predicted molar refractivity (Wildman–Crippen MR) is 72.3 cm³/mol. The minimum atomic E-state index is -0.0702. The van der Waals surface area contributed by atoms with E-state index in [-0.39, 0.29) is 18.1 Å². The summed E-state index contributed by atoms with van der Waals surface area (Å²) >= 11 is 0. The molecule has 0 aromatic heterocycles. The van der Waals surface area contributed by atoms with E-state index in [4.69, 9.17) is 4.74 Å². The predicted octanol–water partition coefficient (Wildman–Crippen LogP) is 0.367. The van der Waals surface area contributed by atoms with E-state index in [1.54, 1.807) is 0 Å². The lowest BCUT2D eigenvalue weighted by Gasteiger charge is -2.27. The van der Waals surface area contributed by atoms with Crippen LogP contribution in [0.5, 0.6) is 0 Å². The Morgan fingerprint density at radius 3 is 2.61 bits per heavy atom. The Labute approximate surface area is 110 Å². The van der Waals surface area contributed by atoms with Crippen LogP contribution in [0.4, 0.5) is 0 Å². The van der Waals surface area contributed by atoms with Gasteiger partial charge in [-0.05, 0) is 26.9 Å². The average molecular weight is 257 g/mol. The molecule has 0 aliphatic carbocycles. The highest BCUT2D eigenvalue weighted by molar-refractivity contribution is 5.83. The lowest BCUT2D eigenvalue weighted by Crippen LogP contribution is -2.43. The summed E-state index contributed by atoms with van der Waals surface area (Å²) in [5, 5.41) is 3.32. The zero-order chi connectivity index (χ0) is 13.7. The molecule has 2 atom stereocenters. The van der Waals surface area contributed by atoms with Crippen LogP contribution < -0.4 is 5.32 Å². The van der Waals surface area contributed by atoms with Crippen molar-refractivity contribution >= 4 is 5.91 Å². The Kier molecular flexibility index (Phi) is 6.05. The second kappa shape index (κ2) is 7.07. The molecule has 0 bridgehead atoms. The molecule has 106 valence electrons. The molecule has 1 aliphatic heterocycles. The van der Waals surface area contributed by atoms with Crippen LogP contribution in [0, 0.1) is 5.92 Å². The van der Waals surface area contributed by atoms with Crippen LogP contribution in [-0.4, -0.2) is 68.3 Å². The first-order chi connectivity index (χ1) is 8.43. The standard InChI is InChI=1S/C13H27N3O2/c1-10(2)12-14-11(3)13(17)16(12)7-9-18-8-6-15(4)5/h10-12,14H,6-9H2,1-5H3. The molecule has 18 heavy (non-hydrogen) atoms. The molecule has 0 aromatic carbocycles. The second-order valence-electron chi connectivity index (χ2n) is 5.52. The highest BCUT2D eigenvalue weighted by Gasteiger charge is 2.37. The number of rotatable bonds is 7. The summed E-state index contributed by atoms with van der Waals surface area (Å²) in [6.45, 7) is 9.08. The minimum absolute atomic E-state index is 0.0702. The Hall–Kier alpha value is -0.650. The van der Waals surface area contributed by atoms with Crippen molar-refractivity contribution in [2.24, 2.45) is 5.92 Å². The number of hydrogen-bond donors (Lipinski definition) is 1. The van der Waals surface area contributed by atoms with Gasteiger partial charge in [-0.2, -0.15) is 0 Å². The molecule has 1 rings (SSSR count). The van der Waals surface area contributed by atoms with Crippen molar-refractivity contribution in [3.63, 3.8) is 0 Å². The Morgan fingerprint density at radius 2 is 2.06 bits per heavy atom. The van der Waals surface area contributed by atoms with Gasteiger partial charge in [0, 0.05) is 13.1 Å². The van der Waals surface area contributed by atoms with Crippen LogP contribution in [0.2, 0.25) is 0 Å². The van der Waals surface area contributed by atoms with E-state index in [1.807, 2.05) is 25.9 Å². The first-order valence-corrected chi connectivity index (χ1v) is 6.72. The zero-order valence-electron chi connectivity index (χ0n) is 12.3. The molecular weight excluding hydrogens is 230 g/mol.